The van der Waals surface area contributed by atoms with Gasteiger partial charge < -0.3 is 5.73 Å². The normalized spacial score (nSPS) is 11.8. The summed E-state index contributed by atoms with van der Waals surface area (Å²) in [5.74, 6) is 0.575. The monoisotopic (exact) mass is 385 g/mol. The molecular formula is C19H23N5O2S. The van der Waals surface area contributed by atoms with Crippen molar-refractivity contribution in [2.24, 2.45) is 5.73 Å². The quantitative estimate of drug-likeness (QED) is 0.638. The second-order valence-electron chi connectivity index (χ2n) is 6.12. The third-order valence-corrected chi connectivity index (χ3v) is 6.32. The van der Waals surface area contributed by atoms with Gasteiger partial charge >= 0.3 is 0 Å². The number of benzene rings is 1. The van der Waals surface area contributed by atoms with Crippen LogP contribution < -0.4 is 5.73 Å². The zero-order chi connectivity index (χ0) is 19.3. The van der Waals surface area contributed by atoms with Crippen LogP contribution in [0.1, 0.15) is 11.3 Å². The highest BCUT2D eigenvalue weighted by Gasteiger charge is 2.28. The maximum Gasteiger partial charge on any atom is 0.246 e. The maximum atomic E-state index is 13.2. The van der Waals surface area contributed by atoms with Crippen LogP contribution in [0.2, 0.25) is 0 Å². The molecule has 0 radical (unpaired) electrons. The molecule has 3 rings (SSSR count). The summed E-state index contributed by atoms with van der Waals surface area (Å²) in [6, 6.07) is 15.2. The standard InChI is InChI=1S/C19H23N5O2S/c1-16-18(15-22-24(16)19-9-5-6-12-21-19)27(25,26)23(14-11-20)13-10-17-7-3-2-4-8-17/h2-9,12,15H,10-11,13-14,20H2,1H3. The van der Waals surface area contributed by atoms with Gasteiger partial charge in [0.1, 0.15) is 4.90 Å². The van der Waals surface area contributed by atoms with E-state index >= 15 is 0 Å². The predicted molar refractivity (Wildman–Crippen MR) is 104 cm³/mol. The molecule has 0 fully saturated rings. The average Bonchev–Trinajstić information content (AvgIpc) is 3.08. The van der Waals surface area contributed by atoms with Crippen molar-refractivity contribution in [2.45, 2.75) is 18.2 Å². The van der Waals surface area contributed by atoms with Crippen LogP contribution in [0.25, 0.3) is 5.82 Å². The lowest BCUT2D eigenvalue weighted by Crippen LogP contribution is -2.37. The number of hydrogen-bond donors (Lipinski definition) is 1. The van der Waals surface area contributed by atoms with Crippen LogP contribution in [0.5, 0.6) is 0 Å². The third kappa shape index (κ3) is 4.24. The summed E-state index contributed by atoms with van der Waals surface area (Å²) in [5, 5.41) is 4.23. The number of sulfonamides is 1. The Morgan fingerprint density at radius 2 is 1.81 bits per heavy atom. The molecular weight excluding hydrogens is 362 g/mol. The molecule has 0 spiro atoms. The first-order valence-electron chi connectivity index (χ1n) is 8.74. The van der Waals surface area contributed by atoms with Crippen molar-refractivity contribution in [1.29, 1.82) is 0 Å². The van der Waals surface area contributed by atoms with Crippen LogP contribution in [0, 0.1) is 6.92 Å². The second kappa shape index (κ2) is 8.43. The smallest absolute Gasteiger partial charge is 0.246 e. The molecule has 0 saturated carbocycles. The number of nitrogens with zero attached hydrogens (tertiary/aromatic N) is 4. The van der Waals surface area contributed by atoms with Gasteiger partial charge in [0.15, 0.2) is 5.82 Å². The minimum Gasteiger partial charge on any atom is -0.329 e. The summed E-state index contributed by atoms with van der Waals surface area (Å²) >= 11 is 0. The average molecular weight is 385 g/mol. The molecule has 2 N–H and O–H groups in total. The van der Waals surface area contributed by atoms with Crippen molar-refractivity contribution in [2.75, 3.05) is 19.6 Å². The second-order valence-corrected chi connectivity index (χ2v) is 8.03. The highest BCUT2D eigenvalue weighted by Crippen LogP contribution is 2.21. The fourth-order valence-corrected chi connectivity index (χ4v) is 4.49. The zero-order valence-corrected chi connectivity index (χ0v) is 16.0. The number of pyridine rings is 1. The molecule has 0 bridgehead atoms. The molecule has 1 aromatic carbocycles. The summed E-state index contributed by atoms with van der Waals surface area (Å²) in [7, 11) is -3.71. The fourth-order valence-electron chi connectivity index (χ4n) is 2.89. The maximum absolute atomic E-state index is 13.2. The molecule has 0 saturated heterocycles. The third-order valence-electron chi connectivity index (χ3n) is 4.32. The number of hydrogen-bond acceptors (Lipinski definition) is 5. The van der Waals surface area contributed by atoms with Crippen LogP contribution in [0.15, 0.2) is 65.8 Å². The molecule has 0 atom stereocenters. The van der Waals surface area contributed by atoms with Gasteiger partial charge in [0.2, 0.25) is 10.0 Å². The Labute approximate surface area is 159 Å². The number of aromatic nitrogens is 3. The Bertz CT molecular complexity index is 972. The van der Waals surface area contributed by atoms with E-state index < -0.39 is 10.0 Å². The molecule has 0 aliphatic carbocycles. The van der Waals surface area contributed by atoms with Gasteiger partial charge in [0.05, 0.1) is 11.9 Å². The van der Waals surface area contributed by atoms with Crippen molar-refractivity contribution < 1.29 is 8.42 Å². The van der Waals surface area contributed by atoms with Gasteiger partial charge in [-0.2, -0.15) is 9.40 Å². The van der Waals surface area contributed by atoms with Crippen LogP contribution in [-0.2, 0) is 16.4 Å². The van der Waals surface area contributed by atoms with Gasteiger partial charge in [0, 0.05) is 25.8 Å². The molecule has 142 valence electrons. The Hall–Kier alpha value is -2.55. The Morgan fingerprint density at radius 3 is 2.48 bits per heavy atom. The molecule has 2 heterocycles. The van der Waals surface area contributed by atoms with E-state index in [-0.39, 0.29) is 18.0 Å². The lowest BCUT2D eigenvalue weighted by Gasteiger charge is -2.21. The van der Waals surface area contributed by atoms with E-state index in [2.05, 4.69) is 10.1 Å². The van der Waals surface area contributed by atoms with Crippen molar-refractivity contribution in [3.8, 4) is 5.82 Å². The predicted octanol–water partition coefficient (Wildman–Crippen LogP) is 1.77. The Kier molecular flexibility index (Phi) is 6.00. The van der Waals surface area contributed by atoms with Gasteiger partial charge in [-0.25, -0.2) is 18.1 Å². The molecule has 7 nitrogen and oxygen atoms in total. The first kappa shape index (κ1) is 19.2. The molecule has 0 aliphatic heterocycles. The van der Waals surface area contributed by atoms with Crippen molar-refractivity contribution in [3.63, 3.8) is 0 Å². The summed E-state index contributed by atoms with van der Waals surface area (Å²) < 4.78 is 29.4. The minimum absolute atomic E-state index is 0.176. The van der Waals surface area contributed by atoms with E-state index in [1.165, 1.54) is 15.2 Å². The van der Waals surface area contributed by atoms with Crippen molar-refractivity contribution in [1.82, 2.24) is 19.1 Å². The van der Waals surface area contributed by atoms with Gasteiger partial charge in [0.25, 0.3) is 0 Å². The fraction of sp³-hybridized carbons (Fsp3) is 0.263. The van der Waals surface area contributed by atoms with E-state index in [1.54, 1.807) is 25.3 Å². The minimum atomic E-state index is -3.71. The number of rotatable bonds is 8. The van der Waals surface area contributed by atoms with Crippen LogP contribution >= 0.6 is 0 Å². The first-order chi connectivity index (χ1) is 13.0. The van der Waals surface area contributed by atoms with E-state index in [1.807, 2.05) is 36.4 Å². The Morgan fingerprint density at radius 1 is 1.07 bits per heavy atom. The molecule has 0 aliphatic rings. The lowest BCUT2D eigenvalue weighted by atomic mass is 10.1. The lowest BCUT2D eigenvalue weighted by molar-refractivity contribution is 0.421. The first-order valence-corrected chi connectivity index (χ1v) is 10.2. The van der Waals surface area contributed by atoms with Crippen LogP contribution in [0.3, 0.4) is 0 Å². The van der Waals surface area contributed by atoms with Gasteiger partial charge in [-0.15, -0.1) is 0 Å². The molecule has 27 heavy (non-hydrogen) atoms. The van der Waals surface area contributed by atoms with Crippen LogP contribution in [0.4, 0.5) is 0 Å². The van der Waals surface area contributed by atoms with E-state index in [9.17, 15) is 8.42 Å². The van der Waals surface area contributed by atoms with Gasteiger partial charge in [-0.1, -0.05) is 36.4 Å². The van der Waals surface area contributed by atoms with Gasteiger partial charge in [-0.05, 0) is 31.0 Å². The summed E-state index contributed by atoms with van der Waals surface area (Å²) in [6.45, 7) is 2.59. The molecule has 0 unspecified atom stereocenters. The zero-order valence-electron chi connectivity index (χ0n) is 15.2. The Balaban J connectivity index is 1.87. The summed E-state index contributed by atoms with van der Waals surface area (Å²) in [5.41, 5.74) is 7.27. The van der Waals surface area contributed by atoms with Crippen molar-refractivity contribution >= 4 is 10.0 Å². The molecule has 8 heteroatoms. The molecule has 0 amide bonds. The highest BCUT2D eigenvalue weighted by molar-refractivity contribution is 7.89. The van der Waals surface area contributed by atoms with Gasteiger partial charge in [-0.3, -0.25) is 0 Å². The largest absolute Gasteiger partial charge is 0.329 e. The summed E-state index contributed by atoms with van der Waals surface area (Å²) in [6.07, 6.45) is 3.64. The number of nitrogens with two attached hydrogens (primary N) is 1. The van der Waals surface area contributed by atoms with E-state index in [0.29, 0.717) is 24.5 Å². The van der Waals surface area contributed by atoms with E-state index in [4.69, 9.17) is 5.73 Å². The topological polar surface area (TPSA) is 94.1 Å². The molecule has 2 aromatic heterocycles. The van der Waals surface area contributed by atoms with Crippen LogP contribution in [-0.4, -0.2) is 47.1 Å². The van der Waals surface area contributed by atoms with E-state index in [0.717, 1.165) is 5.56 Å². The molecule has 3 aromatic rings. The van der Waals surface area contributed by atoms with Crippen molar-refractivity contribution in [3.05, 3.63) is 72.2 Å². The SMILES string of the molecule is Cc1c(S(=O)(=O)N(CCN)CCc2ccccc2)cnn1-c1ccccn1. The highest BCUT2D eigenvalue weighted by atomic mass is 32.2. The summed E-state index contributed by atoms with van der Waals surface area (Å²) in [4.78, 5) is 4.41.